The van der Waals surface area contributed by atoms with Crippen LogP contribution in [0.15, 0.2) is 150 Å². The van der Waals surface area contributed by atoms with Crippen LogP contribution >= 0.6 is 20.8 Å². The standard InChI is InChI=1S/2C26H40O3.C23H24BrO2P.C21H32O2.C5H8O/c1-17(27)21-9-10-22-20-8-7-18-16-19(29-24-6-4-5-15-28-24)11-13-25(18,2)23(20)12-14-26(21,22)3;1-17(6-4-5-7-24(28)29)21-10-11-22-20-9-8-18-16-19(27)12-14-25(18,2)23(20)13-15-26(21,22)3;24-27(19-11-10-18-23(25)26,20-12-4-1-5-13-20,21-14-6-2-7-15-21)22-16-8-3-9-17-22;1-13(22)17-6-7-18-16-5-4-14-12-15(23)8-10-20(14,2)19(16)9-11-21(17,18)3;1-2-4-6-5-3-1/h7,19-24H,4-6,8-16H2,1-3H3;6,8,19-23,27H,4-5,7,9-16H2,1-3H3,(H,28,29);1-9,12-17H,10-11,18-19H2,(H,25,26);4,15-19,23H,5-12H2,1-3H3;2,4H,1,3,5H2/b;17-6+;;;/t19-,20-,21+,22-,23-,24?,25-,26+;19-,20-,21+,22-,23-,25-,26+;;15-,16-,17+,18-,19-,20-,21+;/m00.0./s1. The number of hydrogen-bond acceptors (Lipinski definition) is 9. The molecule has 12 aliphatic carbocycles. The molecule has 2 aliphatic heterocycles. The number of benzene rings is 3. The summed E-state index contributed by atoms with van der Waals surface area (Å²) in [7, 11) is 0. The van der Waals surface area contributed by atoms with Gasteiger partial charge in [0.25, 0.3) is 0 Å². The summed E-state index contributed by atoms with van der Waals surface area (Å²) in [6, 6.07) is 31.8. The number of ketones is 2. The van der Waals surface area contributed by atoms with Crippen molar-refractivity contribution in [1.29, 1.82) is 0 Å². The van der Waals surface area contributed by atoms with Crippen LogP contribution in [-0.2, 0) is 33.4 Å². The Labute approximate surface area is 694 Å². The molecule has 17 rings (SSSR count). The summed E-state index contributed by atoms with van der Waals surface area (Å²) in [6.07, 6.45) is 52.7. The fourth-order valence-corrected chi connectivity index (χ4v) is 35.8. The minimum atomic E-state index is -2.89. The van der Waals surface area contributed by atoms with Gasteiger partial charge in [0.05, 0.1) is 31.2 Å². The van der Waals surface area contributed by atoms with Crippen LogP contribution in [0.5, 0.6) is 0 Å². The van der Waals surface area contributed by atoms with Gasteiger partial charge >= 0.3 is 175 Å². The molecule has 22 atom stereocenters. The summed E-state index contributed by atoms with van der Waals surface area (Å²) >= 11 is 4.37. The predicted octanol–water partition coefficient (Wildman–Crippen LogP) is 23.1. The van der Waals surface area contributed by atoms with Crippen LogP contribution in [0.1, 0.15) is 287 Å². The van der Waals surface area contributed by atoms with E-state index >= 15 is 0 Å². The van der Waals surface area contributed by atoms with Crippen LogP contribution in [0.3, 0.4) is 0 Å². The van der Waals surface area contributed by atoms with Gasteiger partial charge in [-0.15, -0.1) is 0 Å². The van der Waals surface area contributed by atoms with Gasteiger partial charge in [-0.25, -0.2) is 0 Å². The molecule has 0 bridgehead atoms. The number of aliphatic hydroxyl groups is 2. The monoisotopic (exact) mass is 1640 g/mol. The number of unbranched alkanes of at least 4 members (excludes halogenated alkanes) is 2. The van der Waals surface area contributed by atoms with Gasteiger partial charge < -0.3 is 29.5 Å². The van der Waals surface area contributed by atoms with Gasteiger partial charge in [0.1, 0.15) is 11.6 Å². The molecule has 0 amide bonds. The van der Waals surface area contributed by atoms with Gasteiger partial charge in [0.15, 0.2) is 6.29 Å². The number of Topliss-reactive ketones (excluding diaryl/α,β-unsaturated/α-hetero) is 2. The van der Waals surface area contributed by atoms with Crippen LogP contribution in [0.2, 0.25) is 0 Å². The number of aliphatic hydroxyl groups excluding tert-OH is 2. The van der Waals surface area contributed by atoms with E-state index in [1.54, 1.807) is 23.0 Å². The van der Waals surface area contributed by atoms with Crippen molar-refractivity contribution in [2.45, 2.75) is 312 Å². The summed E-state index contributed by atoms with van der Waals surface area (Å²) in [6.45, 7) is 22.7. The quantitative estimate of drug-likeness (QED) is 0.0575. The van der Waals surface area contributed by atoms with E-state index < -0.39 is 17.2 Å². The molecule has 11 nitrogen and oxygen atoms in total. The number of carbonyl (C=O) groups excluding carboxylic acids is 2. The second-order valence-electron chi connectivity index (χ2n) is 40.0. The van der Waals surface area contributed by atoms with Crippen LogP contribution in [0.25, 0.3) is 0 Å². The fraction of sp³-hybridized carbons (Fsp3) is 0.683. The zero-order valence-corrected chi connectivity index (χ0v) is 73.7. The maximum absolute atomic E-state index is 12.3. The third-order valence-electron chi connectivity index (χ3n) is 34.2. The van der Waals surface area contributed by atoms with E-state index in [1.807, 2.05) is 38.1 Å². The van der Waals surface area contributed by atoms with Crippen molar-refractivity contribution in [2.24, 2.45) is 104 Å². The van der Waals surface area contributed by atoms with E-state index in [0.717, 1.165) is 156 Å². The summed E-state index contributed by atoms with van der Waals surface area (Å²) in [5.41, 5.74) is 8.20. The predicted molar refractivity (Wildman–Crippen MR) is 467 cm³/mol. The summed E-state index contributed by atoms with van der Waals surface area (Å²) < 4.78 is 17.1. The molecule has 3 aromatic rings. The van der Waals surface area contributed by atoms with Gasteiger partial charge in [0.2, 0.25) is 0 Å². The summed E-state index contributed by atoms with van der Waals surface area (Å²) in [4.78, 5) is 46.3. The van der Waals surface area contributed by atoms with Gasteiger partial charge in [-0.1, -0.05) is 88.1 Å². The first-order chi connectivity index (χ1) is 54.6. The van der Waals surface area contributed by atoms with Crippen molar-refractivity contribution in [1.82, 2.24) is 0 Å². The summed E-state index contributed by atoms with van der Waals surface area (Å²) in [5.74, 6) is 7.76. The van der Waals surface area contributed by atoms with Crippen molar-refractivity contribution in [3.8, 4) is 0 Å². The number of rotatable bonds is 17. The molecule has 3 aromatic carbocycles. The molecule has 0 aromatic heterocycles. The van der Waals surface area contributed by atoms with Crippen molar-refractivity contribution in [2.75, 3.05) is 19.4 Å². The SMILES string of the molecule is C/C(=C\CCCC(=O)O)[C@H]1CC[C@H]2[C@@H]3CC=C4C[C@@H](O)CC[C@]4(C)[C@H]3CC[C@]12C.C1=COCCC1.CC(=O)[C@H]1CC[C@H]2[C@@H]3CC=C4C[C@@H](O)CC[C@]4(C)[C@H]3CC[C@]12C.CC(=O)[C@H]1CC[C@H]2[C@@H]3CC=C4C[C@@H](OC5CCCCO5)CC[C@]4(C)[C@H]3CC[C@]12C.O=C(O)CCCCP(Br)(c1ccccc1)(c1ccccc1)c1ccccc1. The number of carboxylic acids is 2. The Morgan fingerprint density at radius 2 is 0.912 bits per heavy atom. The number of ether oxygens (including phenoxy) is 3. The topological polar surface area (TPSA) is 177 Å². The average molecular weight is 1650 g/mol. The van der Waals surface area contributed by atoms with Gasteiger partial charge in [-0.05, 0) is 318 Å². The zero-order chi connectivity index (χ0) is 80.9. The Bertz CT molecular complexity index is 3850. The third kappa shape index (κ3) is 17.4. The second kappa shape index (κ2) is 36.6. The van der Waals surface area contributed by atoms with Crippen molar-refractivity contribution >= 4 is 60.2 Å². The second-order valence-corrected chi connectivity index (χ2v) is 49.1. The Hall–Kier alpha value is -4.81. The van der Waals surface area contributed by atoms with Gasteiger partial charge in [-0.3, -0.25) is 14.4 Å². The molecular weight excluding hydrogens is 1500 g/mol. The average Bonchev–Trinajstić information content (AvgIpc) is 1.65. The van der Waals surface area contributed by atoms with E-state index in [0.29, 0.717) is 63.5 Å². The van der Waals surface area contributed by atoms with Gasteiger partial charge in [0, 0.05) is 24.9 Å². The minimum absolute atomic E-state index is 0.0347. The molecule has 0 spiro atoms. The Kier molecular flexibility index (Phi) is 28.0. The van der Waals surface area contributed by atoms with Crippen LogP contribution in [0.4, 0.5) is 0 Å². The Balaban J connectivity index is 0.000000130. The molecular formula is C101H144BrO11P. The Morgan fingerprint density at radius 3 is 1.31 bits per heavy atom. The molecule has 9 saturated carbocycles. The third-order valence-corrected chi connectivity index (χ3v) is 44.2. The first kappa shape index (κ1) is 87.0. The van der Waals surface area contributed by atoms with Crippen molar-refractivity contribution in [3.63, 3.8) is 0 Å². The number of hydrogen-bond donors (Lipinski definition) is 4. The van der Waals surface area contributed by atoms with Crippen LogP contribution in [0, 0.1) is 104 Å². The number of fused-ring (bicyclic) bond motifs is 15. The summed E-state index contributed by atoms with van der Waals surface area (Å²) in [5, 5.41) is 39.1. The molecule has 14 aliphatic rings. The fourth-order valence-electron chi connectivity index (χ4n) is 28.1. The number of carboxylic acid groups (broad SMARTS) is 2. The zero-order valence-electron chi connectivity index (χ0n) is 71.2. The molecule has 0 radical (unpaired) electrons. The van der Waals surface area contributed by atoms with E-state index in [9.17, 15) is 29.4 Å². The van der Waals surface area contributed by atoms with Crippen LogP contribution < -0.4 is 15.9 Å². The maximum atomic E-state index is 12.3. The molecule has 1 unspecified atom stereocenters. The number of carbonyl (C=O) groups is 4. The van der Waals surface area contributed by atoms with E-state index in [4.69, 9.17) is 24.4 Å². The van der Waals surface area contributed by atoms with Gasteiger partial charge in [-0.2, -0.15) is 0 Å². The molecule has 1 saturated heterocycles. The van der Waals surface area contributed by atoms with E-state index in [2.05, 4.69) is 161 Å². The van der Waals surface area contributed by atoms with Crippen molar-refractivity contribution < 1.29 is 53.8 Å². The van der Waals surface area contributed by atoms with E-state index in [-0.39, 0.29) is 42.2 Å². The van der Waals surface area contributed by atoms with Crippen molar-refractivity contribution in [3.05, 3.63) is 150 Å². The Morgan fingerprint density at radius 1 is 0.482 bits per heavy atom. The molecule has 4 N–H and O–H groups in total. The first-order valence-corrected chi connectivity index (χ1v) is 50.0. The van der Waals surface area contributed by atoms with E-state index in [1.165, 1.54) is 143 Å². The first-order valence-electron chi connectivity index (χ1n) is 45.6. The number of allylic oxidation sites excluding steroid dienone is 6. The van der Waals surface area contributed by atoms with Crippen LogP contribution in [-0.4, -0.2) is 87.9 Å². The molecule has 626 valence electrons. The number of aliphatic carboxylic acids is 2. The molecule has 13 heteroatoms. The molecule has 114 heavy (non-hydrogen) atoms. The molecule has 2 heterocycles. The number of halogens is 1. The molecule has 10 fully saturated rings. The normalized spacial score (nSPS) is 38.5.